The monoisotopic (exact) mass is 383 g/mol. The van der Waals surface area contributed by atoms with Crippen LogP contribution in [0.3, 0.4) is 0 Å². The van der Waals surface area contributed by atoms with Crippen molar-refractivity contribution in [3.63, 3.8) is 0 Å². The number of piperidine rings is 1. The number of likely N-dealkylation sites (tertiary alicyclic amines) is 1. The van der Waals surface area contributed by atoms with Gasteiger partial charge < -0.3 is 15.2 Å². The van der Waals surface area contributed by atoms with Crippen molar-refractivity contribution in [3.8, 4) is 17.0 Å². The highest BCUT2D eigenvalue weighted by Crippen LogP contribution is 2.45. The van der Waals surface area contributed by atoms with Gasteiger partial charge in [0, 0.05) is 31.0 Å². The summed E-state index contributed by atoms with van der Waals surface area (Å²) in [5, 5.41) is 4.59. The van der Waals surface area contributed by atoms with E-state index in [0.29, 0.717) is 17.6 Å². The summed E-state index contributed by atoms with van der Waals surface area (Å²) in [6.45, 7) is 4.75. The molecule has 2 aliphatic carbocycles. The number of pyridine rings is 1. The van der Waals surface area contributed by atoms with Gasteiger partial charge >= 0.3 is 0 Å². The number of fused-ring (bicyclic) bond motifs is 1. The number of hydrogen-bond acceptors (Lipinski definition) is 6. The summed E-state index contributed by atoms with van der Waals surface area (Å²) in [6.07, 6.45) is 9.03. The van der Waals surface area contributed by atoms with E-state index in [1.807, 2.05) is 23.0 Å². The van der Waals surface area contributed by atoms with E-state index in [4.69, 9.17) is 15.2 Å². The van der Waals surface area contributed by atoms with Crippen molar-refractivity contribution in [3.05, 3.63) is 24.5 Å². The lowest BCUT2D eigenvalue weighted by atomic mass is 9.93. The standard InChI is InChI=1S/C13H16N4O.C8H13NO/c1-18-12-7-9(8-15-13(12)14)11-5-6-17(16-11)10-3-2-4-10;1-6-2-9(3-7(1)6)8-4-10-5-8/h5-8,10H,2-4H2,1H3,(H2,14,15);6-8H,1-5H2. The Morgan fingerprint density at radius 2 is 1.96 bits per heavy atom. The van der Waals surface area contributed by atoms with E-state index in [9.17, 15) is 0 Å². The third-order valence-electron chi connectivity index (χ3n) is 6.60. The predicted octanol–water partition coefficient (Wildman–Crippen LogP) is 2.60. The van der Waals surface area contributed by atoms with Crippen molar-refractivity contribution >= 4 is 5.82 Å². The van der Waals surface area contributed by atoms with Crippen LogP contribution in [0.2, 0.25) is 0 Å². The van der Waals surface area contributed by atoms with Crippen LogP contribution in [-0.2, 0) is 4.74 Å². The van der Waals surface area contributed by atoms with Gasteiger partial charge in [-0.05, 0) is 49.7 Å². The van der Waals surface area contributed by atoms with Crippen molar-refractivity contribution in [1.82, 2.24) is 19.7 Å². The van der Waals surface area contributed by atoms with Crippen molar-refractivity contribution in [1.29, 1.82) is 0 Å². The van der Waals surface area contributed by atoms with Gasteiger partial charge in [-0.1, -0.05) is 0 Å². The van der Waals surface area contributed by atoms with Crippen LogP contribution in [0.25, 0.3) is 11.3 Å². The fraction of sp³-hybridized carbons (Fsp3) is 0.619. The molecular weight excluding hydrogens is 354 g/mol. The lowest BCUT2D eigenvalue weighted by Gasteiger charge is -2.35. The lowest BCUT2D eigenvalue weighted by molar-refractivity contribution is -0.0605. The molecular formula is C21H29N5O2. The van der Waals surface area contributed by atoms with Crippen LogP contribution in [0.4, 0.5) is 5.82 Å². The molecule has 7 heteroatoms. The molecule has 2 atom stereocenters. The van der Waals surface area contributed by atoms with Gasteiger partial charge in [-0.3, -0.25) is 9.58 Å². The summed E-state index contributed by atoms with van der Waals surface area (Å²) in [5.41, 5.74) is 7.54. The fourth-order valence-corrected chi connectivity index (χ4v) is 4.27. The van der Waals surface area contributed by atoms with E-state index in [-0.39, 0.29) is 0 Å². The van der Waals surface area contributed by atoms with Gasteiger partial charge in [-0.2, -0.15) is 5.10 Å². The number of nitrogens with two attached hydrogens (primary N) is 1. The molecule has 28 heavy (non-hydrogen) atoms. The van der Waals surface area contributed by atoms with Crippen LogP contribution in [0.5, 0.6) is 5.75 Å². The van der Waals surface area contributed by atoms with Crippen molar-refractivity contribution in [2.45, 2.75) is 37.8 Å². The first kappa shape index (κ1) is 17.9. The number of aromatic nitrogens is 3. The van der Waals surface area contributed by atoms with E-state index in [2.05, 4.69) is 15.0 Å². The van der Waals surface area contributed by atoms with Gasteiger partial charge in [0.15, 0.2) is 11.6 Å². The van der Waals surface area contributed by atoms with E-state index in [1.165, 1.54) is 38.8 Å². The maximum atomic E-state index is 5.70. The number of hydrogen-bond donors (Lipinski definition) is 1. The number of anilines is 1. The van der Waals surface area contributed by atoms with E-state index in [1.54, 1.807) is 13.3 Å². The Bertz CT molecular complexity index is 820. The Kier molecular flexibility index (Phi) is 4.72. The molecule has 2 N–H and O–H groups in total. The van der Waals surface area contributed by atoms with Gasteiger partial charge in [0.1, 0.15) is 0 Å². The molecule has 4 heterocycles. The Labute approximate surface area is 165 Å². The van der Waals surface area contributed by atoms with Gasteiger partial charge in [-0.25, -0.2) is 4.98 Å². The number of nitrogen functional groups attached to an aromatic ring is 1. The normalized spacial score (nSPS) is 26.6. The third-order valence-corrected chi connectivity index (χ3v) is 6.60. The number of methoxy groups -OCH3 is 1. The summed E-state index contributed by atoms with van der Waals surface area (Å²) in [5.74, 6) is 3.16. The third kappa shape index (κ3) is 3.49. The van der Waals surface area contributed by atoms with Crippen LogP contribution in [0, 0.1) is 11.8 Å². The second kappa shape index (κ2) is 7.37. The first-order chi connectivity index (χ1) is 13.7. The van der Waals surface area contributed by atoms with Crippen molar-refractivity contribution in [2.75, 3.05) is 39.1 Å². The minimum atomic E-state index is 0.402. The van der Waals surface area contributed by atoms with Crippen LogP contribution < -0.4 is 10.5 Å². The zero-order valence-corrected chi connectivity index (χ0v) is 16.5. The van der Waals surface area contributed by atoms with Gasteiger partial charge in [0.05, 0.1) is 38.1 Å². The molecule has 2 aromatic heterocycles. The fourth-order valence-electron chi connectivity index (χ4n) is 4.27. The zero-order valence-electron chi connectivity index (χ0n) is 16.5. The first-order valence-electron chi connectivity index (χ1n) is 10.4. The maximum Gasteiger partial charge on any atom is 0.166 e. The Morgan fingerprint density at radius 1 is 1.18 bits per heavy atom. The molecule has 2 aromatic rings. The van der Waals surface area contributed by atoms with Crippen LogP contribution >= 0.6 is 0 Å². The van der Waals surface area contributed by atoms with Crippen LogP contribution in [0.15, 0.2) is 24.5 Å². The molecule has 2 saturated carbocycles. The van der Waals surface area contributed by atoms with Gasteiger partial charge in [-0.15, -0.1) is 0 Å². The van der Waals surface area contributed by atoms with Crippen LogP contribution in [0.1, 0.15) is 31.7 Å². The first-order valence-corrected chi connectivity index (χ1v) is 10.4. The summed E-state index contributed by atoms with van der Waals surface area (Å²) in [7, 11) is 1.59. The predicted molar refractivity (Wildman–Crippen MR) is 107 cm³/mol. The van der Waals surface area contributed by atoms with Gasteiger partial charge in [0.25, 0.3) is 0 Å². The molecule has 2 unspecified atom stereocenters. The van der Waals surface area contributed by atoms with Crippen molar-refractivity contribution < 1.29 is 9.47 Å². The van der Waals surface area contributed by atoms with E-state index >= 15 is 0 Å². The molecule has 4 fully saturated rings. The summed E-state index contributed by atoms with van der Waals surface area (Å²) < 4.78 is 12.4. The SMILES string of the molecule is C1C2CN(C3COC3)CC12.COc1cc(-c2ccn(C3CCC3)n2)cnc1N. The molecule has 6 rings (SSSR count). The zero-order chi connectivity index (χ0) is 19.1. The summed E-state index contributed by atoms with van der Waals surface area (Å²) in [4.78, 5) is 6.73. The lowest BCUT2D eigenvalue weighted by Crippen LogP contribution is -2.48. The number of rotatable bonds is 4. The Balaban J connectivity index is 0.000000142. The van der Waals surface area contributed by atoms with Gasteiger partial charge in [0.2, 0.25) is 0 Å². The molecule has 0 radical (unpaired) electrons. The molecule has 150 valence electrons. The molecule has 4 aliphatic rings. The summed E-state index contributed by atoms with van der Waals surface area (Å²) >= 11 is 0. The smallest absolute Gasteiger partial charge is 0.166 e. The largest absolute Gasteiger partial charge is 0.493 e. The maximum absolute atomic E-state index is 5.70. The molecule has 2 saturated heterocycles. The highest BCUT2D eigenvalue weighted by molar-refractivity contribution is 5.63. The molecule has 7 nitrogen and oxygen atoms in total. The second-order valence-electron chi connectivity index (χ2n) is 8.48. The molecule has 0 aromatic carbocycles. The molecule has 0 bridgehead atoms. The quantitative estimate of drug-likeness (QED) is 0.874. The number of ether oxygens (including phenoxy) is 2. The molecule has 2 aliphatic heterocycles. The average Bonchev–Trinajstić information content (AvgIpc) is 3.01. The highest BCUT2D eigenvalue weighted by Gasteiger charge is 2.47. The Hall–Kier alpha value is -2.12. The number of nitrogens with zero attached hydrogens (tertiary/aromatic N) is 4. The van der Waals surface area contributed by atoms with E-state index in [0.717, 1.165) is 42.3 Å². The van der Waals surface area contributed by atoms with Crippen molar-refractivity contribution in [2.24, 2.45) is 11.8 Å². The van der Waals surface area contributed by atoms with E-state index < -0.39 is 0 Å². The average molecular weight is 383 g/mol. The summed E-state index contributed by atoms with van der Waals surface area (Å²) in [6, 6.07) is 5.25. The topological polar surface area (TPSA) is 78.4 Å². The van der Waals surface area contributed by atoms with Crippen LogP contribution in [-0.4, -0.2) is 59.1 Å². The minimum Gasteiger partial charge on any atom is -0.493 e. The highest BCUT2D eigenvalue weighted by atomic mass is 16.5. The Morgan fingerprint density at radius 3 is 2.57 bits per heavy atom. The molecule has 0 spiro atoms. The molecule has 0 amide bonds. The second-order valence-corrected chi connectivity index (χ2v) is 8.48. The minimum absolute atomic E-state index is 0.402.